The summed E-state index contributed by atoms with van der Waals surface area (Å²) in [7, 11) is 3.80. The van der Waals surface area contributed by atoms with Gasteiger partial charge in [0.05, 0.1) is 12.8 Å². The molecule has 0 aliphatic carbocycles. The molecule has 0 unspecified atom stereocenters. The van der Waals surface area contributed by atoms with E-state index in [0.717, 1.165) is 55.3 Å². The second kappa shape index (κ2) is 10.4. The summed E-state index contributed by atoms with van der Waals surface area (Å²) in [6.07, 6.45) is 2.95. The van der Waals surface area contributed by atoms with Gasteiger partial charge in [0, 0.05) is 56.8 Å². The second-order valence-corrected chi connectivity index (χ2v) is 8.38. The summed E-state index contributed by atoms with van der Waals surface area (Å²) in [6.45, 7) is 4.33. The molecule has 0 bridgehead atoms. The molecule has 1 saturated heterocycles. The highest BCUT2D eigenvalue weighted by molar-refractivity contribution is 5.82. The standard InChI is InChI=1S/C26H30N4O2/c1-29-10-12-30(13-11-29)24-8-6-20(7-9-24)14-22-17-23(28-19-27-22)18-25(31)15-21-4-3-5-26(16-21)32-2/h3-9,16-17,19H,10-15,18H2,1-2H3. The number of hydrogen-bond acceptors (Lipinski definition) is 6. The van der Waals surface area contributed by atoms with E-state index in [9.17, 15) is 4.79 Å². The van der Waals surface area contributed by atoms with Crippen LogP contribution in [0, 0.1) is 0 Å². The summed E-state index contributed by atoms with van der Waals surface area (Å²) >= 11 is 0. The van der Waals surface area contributed by atoms with Crippen LogP contribution < -0.4 is 9.64 Å². The molecule has 1 aliphatic heterocycles. The van der Waals surface area contributed by atoms with Crippen LogP contribution in [0.5, 0.6) is 5.75 Å². The van der Waals surface area contributed by atoms with Gasteiger partial charge in [-0.2, -0.15) is 0 Å². The molecule has 0 spiro atoms. The normalized spacial score (nSPS) is 14.4. The molecule has 6 heteroatoms. The third kappa shape index (κ3) is 5.92. The number of anilines is 1. The Labute approximate surface area is 189 Å². The van der Waals surface area contributed by atoms with Crippen LogP contribution in [0.3, 0.4) is 0 Å². The van der Waals surface area contributed by atoms with Crippen LogP contribution in [0.15, 0.2) is 60.9 Å². The van der Waals surface area contributed by atoms with Gasteiger partial charge in [-0.05, 0) is 48.5 Å². The second-order valence-electron chi connectivity index (χ2n) is 8.38. The Morgan fingerprint density at radius 2 is 1.66 bits per heavy atom. The van der Waals surface area contributed by atoms with Crippen molar-refractivity contribution in [1.29, 1.82) is 0 Å². The zero-order valence-electron chi connectivity index (χ0n) is 18.8. The molecule has 4 rings (SSSR count). The molecule has 2 heterocycles. The first kappa shape index (κ1) is 22.0. The van der Waals surface area contributed by atoms with Gasteiger partial charge in [-0.1, -0.05) is 24.3 Å². The molecule has 3 aromatic rings. The largest absolute Gasteiger partial charge is 0.497 e. The van der Waals surface area contributed by atoms with Gasteiger partial charge < -0.3 is 14.5 Å². The minimum Gasteiger partial charge on any atom is -0.497 e. The van der Waals surface area contributed by atoms with Gasteiger partial charge in [-0.15, -0.1) is 0 Å². The number of benzene rings is 2. The summed E-state index contributed by atoms with van der Waals surface area (Å²) in [5, 5.41) is 0. The number of Topliss-reactive ketones (excluding diaryl/α,β-unsaturated/α-hetero) is 1. The number of hydrogen-bond donors (Lipinski definition) is 0. The van der Waals surface area contributed by atoms with Crippen LogP contribution in [-0.2, 0) is 24.1 Å². The van der Waals surface area contributed by atoms with Crippen LogP contribution in [0.4, 0.5) is 5.69 Å². The van der Waals surface area contributed by atoms with Crippen molar-refractivity contribution in [2.45, 2.75) is 19.3 Å². The Balaban J connectivity index is 1.35. The molecular formula is C26H30N4O2. The third-order valence-electron chi connectivity index (χ3n) is 5.88. The monoisotopic (exact) mass is 430 g/mol. The molecule has 1 aromatic heterocycles. The molecule has 0 saturated carbocycles. The number of aromatic nitrogens is 2. The zero-order chi connectivity index (χ0) is 22.3. The minimum atomic E-state index is 0.124. The quantitative estimate of drug-likeness (QED) is 0.547. The van der Waals surface area contributed by atoms with Crippen molar-refractivity contribution in [2.75, 3.05) is 45.2 Å². The first-order chi connectivity index (χ1) is 15.6. The number of carbonyl (C=O) groups excluding carboxylic acids is 1. The van der Waals surface area contributed by atoms with Crippen LogP contribution in [-0.4, -0.2) is 61.0 Å². The predicted molar refractivity (Wildman–Crippen MR) is 126 cm³/mol. The Bertz CT molecular complexity index is 1040. The van der Waals surface area contributed by atoms with Crippen molar-refractivity contribution in [3.8, 4) is 5.75 Å². The highest BCUT2D eigenvalue weighted by atomic mass is 16.5. The third-order valence-corrected chi connectivity index (χ3v) is 5.88. The fourth-order valence-electron chi connectivity index (χ4n) is 4.01. The topological polar surface area (TPSA) is 58.6 Å². The Hall–Kier alpha value is -3.25. The van der Waals surface area contributed by atoms with E-state index in [0.29, 0.717) is 12.8 Å². The molecule has 0 N–H and O–H groups in total. The van der Waals surface area contributed by atoms with Crippen molar-refractivity contribution < 1.29 is 9.53 Å². The van der Waals surface area contributed by atoms with Crippen LogP contribution >= 0.6 is 0 Å². The molecule has 1 fully saturated rings. The summed E-state index contributed by atoms with van der Waals surface area (Å²) in [4.78, 5) is 26.1. The number of ketones is 1. The van der Waals surface area contributed by atoms with Gasteiger partial charge in [0.1, 0.15) is 17.9 Å². The number of methoxy groups -OCH3 is 1. The zero-order valence-corrected chi connectivity index (χ0v) is 18.8. The molecule has 32 heavy (non-hydrogen) atoms. The lowest BCUT2D eigenvalue weighted by Crippen LogP contribution is -2.44. The maximum atomic E-state index is 12.6. The number of likely N-dealkylation sites (N-methyl/N-ethyl adjacent to an activating group) is 1. The number of rotatable bonds is 8. The van der Waals surface area contributed by atoms with Gasteiger partial charge >= 0.3 is 0 Å². The lowest BCUT2D eigenvalue weighted by atomic mass is 10.0. The lowest BCUT2D eigenvalue weighted by molar-refractivity contribution is -0.117. The Morgan fingerprint density at radius 1 is 0.906 bits per heavy atom. The first-order valence-corrected chi connectivity index (χ1v) is 11.1. The van der Waals surface area contributed by atoms with Crippen LogP contribution in [0.25, 0.3) is 0 Å². The van der Waals surface area contributed by atoms with E-state index >= 15 is 0 Å². The van der Waals surface area contributed by atoms with Gasteiger partial charge in [0.15, 0.2) is 0 Å². The molecule has 166 valence electrons. The lowest BCUT2D eigenvalue weighted by Gasteiger charge is -2.34. The first-order valence-electron chi connectivity index (χ1n) is 11.1. The Morgan fingerprint density at radius 3 is 2.41 bits per heavy atom. The van der Waals surface area contributed by atoms with Crippen LogP contribution in [0.1, 0.15) is 22.5 Å². The highest BCUT2D eigenvalue weighted by Crippen LogP contribution is 2.19. The van der Waals surface area contributed by atoms with Gasteiger partial charge in [0.2, 0.25) is 0 Å². The maximum absolute atomic E-state index is 12.6. The molecule has 0 amide bonds. The highest BCUT2D eigenvalue weighted by Gasteiger charge is 2.14. The average Bonchev–Trinajstić information content (AvgIpc) is 2.80. The van der Waals surface area contributed by atoms with Crippen molar-refractivity contribution in [3.05, 3.63) is 83.4 Å². The molecule has 2 aromatic carbocycles. The minimum absolute atomic E-state index is 0.124. The fourth-order valence-corrected chi connectivity index (χ4v) is 4.01. The van der Waals surface area contributed by atoms with E-state index in [4.69, 9.17) is 4.74 Å². The van der Waals surface area contributed by atoms with E-state index < -0.39 is 0 Å². The molecule has 0 radical (unpaired) electrons. The fraction of sp³-hybridized carbons (Fsp3) is 0.346. The molecular weight excluding hydrogens is 400 g/mol. The number of ether oxygens (including phenoxy) is 1. The van der Waals surface area contributed by atoms with E-state index in [1.807, 2.05) is 30.3 Å². The van der Waals surface area contributed by atoms with Crippen LogP contribution in [0.2, 0.25) is 0 Å². The summed E-state index contributed by atoms with van der Waals surface area (Å²) in [6, 6.07) is 18.3. The van der Waals surface area contributed by atoms with Gasteiger partial charge in [-0.3, -0.25) is 4.79 Å². The number of carbonyl (C=O) groups is 1. The summed E-state index contributed by atoms with van der Waals surface area (Å²) in [5.74, 6) is 0.887. The van der Waals surface area contributed by atoms with E-state index in [-0.39, 0.29) is 5.78 Å². The van der Waals surface area contributed by atoms with Crippen molar-refractivity contribution in [1.82, 2.24) is 14.9 Å². The molecule has 6 nitrogen and oxygen atoms in total. The van der Waals surface area contributed by atoms with Crippen molar-refractivity contribution in [2.24, 2.45) is 0 Å². The Kier molecular flexibility index (Phi) is 7.12. The van der Waals surface area contributed by atoms with E-state index in [1.54, 1.807) is 13.4 Å². The van der Waals surface area contributed by atoms with Crippen molar-refractivity contribution in [3.63, 3.8) is 0 Å². The van der Waals surface area contributed by atoms with E-state index in [2.05, 4.69) is 51.1 Å². The van der Waals surface area contributed by atoms with E-state index in [1.165, 1.54) is 11.3 Å². The van der Waals surface area contributed by atoms with Gasteiger partial charge in [-0.25, -0.2) is 9.97 Å². The predicted octanol–water partition coefficient (Wildman–Crippen LogP) is 3.18. The molecule has 1 aliphatic rings. The van der Waals surface area contributed by atoms with Gasteiger partial charge in [0.25, 0.3) is 0 Å². The maximum Gasteiger partial charge on any atom is 0.143 e. The number of piperazine rings is 1. The average molecular weight is 431 g/mol. The summed E-state index contributed by atoms with van der Waals surface area (Å²) in [5.41, 5.74) is 5.11. The number of nitrogens with zero attached hydrogens (tertiary/aromatic N) is 4. The SMILES string of the molecule is COc1cccc(CC(=O)Cc2cc(Cc3ccc(N4CCN(C)CC4)cc3)ncn2)c1. The summed E-state index contributed by atoms with van der Waals surface area (Å²) < 4.78 is 5.24. The smallest absolute Gasteiger partial charge is 0.143 e. The molecule has 0 atom stereocenters. The van der Waals surface area contributed by atoms with Crippen molar-refractivity contribution >= 4 is 11.5 Å².